The maximum Gasteiger partial charge on any atom is 0.141 e. The second kappa shape index (κ2) is 5.43. The Morgan fingerprint density at radius 1 is 1.50 bits per heavy atom. The first-order valence-electron chi connectivity index (χ1n) is 5.34. The van der Waals surface area contributed by atoms with Crippen LogP contribution in [0.4, 0.5) is 4.39 Å². The summed E-state index contributed by atoms with van der Waals surface area (Å²) in [6.45, 7) is 0.136. The predicted octanol–water partition coefficient (Wildman–Crippen LogP) is 0.922. The SMILES string of the molecule is NCC(O)Cc1ncnn1-c1ccc(F)c(Cl)c1. The van der Waals surface area contributed by atoms with Gasteiger partial charge in [0, 0.05) is 13.0 Å². The van der Waals surface area contributed by atoms with Crippen molar-refractivity contribution in [2.24, 2.45) is 5.73 Å². The molecule has 1 heterocycles. The molecule has 3 N–H and O–H groups in total. The molecule has 1 aromatic carbocycles. The average molecular weight is 271 g/mol. The Bertz CT molecular complexity index is 546. The smallest absolute Gasteiger partial charge is 0.141 e. The van der Waals surface area contributed by atoms with Gasteiger partial charge in [-0.3, -0.25) is 0 Å². The standard InChI is InChI=1S/C11H12ClFN4O/c12-9-3-7(1-2-10(9)13)17-11(15-6-16-17)4-8(18)5-14/h1-3,6,8,18H,4-5,14H2. The van der Waals surface area contributed by atoms with Gasteiger partial charge in [0.1, 0.15) is 18.0 Å². The van der Waals surface area contributed by atoms with Gasteiger partial charge in [-0.2, -0.15) is 5.10 Å². The molecule has 7 heteroatoms. The zero-order valence-corrected chi connectivity index (χ0v) is 10.2. The van der Waals surface area contributed by atoms with E-state index in [1.165, 1.54) is 29.2 Å². The minimum absolute atomic E-state index is 0.00771. The number of aliphatic hydroxyl groups excluding tert-OH is 1. The number of hydrogen-bond donors (Lipinski definition) is 2. The second-order valence-corrected chi connectivity index (χ2v) is 4.19. The molecule has 18 heavy (non-hydrogen) atoms. The number of aliphatic hydroxyl groups is 1. The molecule has 2 aromatic rings. The fraction of sp³-hybridized carbons (Fsp3) is 0.273. The summed E-state index contributed by atoms with van der Waals surface area (Å²) in [5, 5.41) is 13.5. The van der Waals surface area contributed by atoms with Crippen molar-refractivity contribution in [2.45, 2.75) is 12.5 Å². The van der Waals surface area contributed by atoms with Gasteiger partial charge >= 0.3 is 0 Å². The maximum absolute atomic E-state index is 13.1. The van der Waals surface area contributed by atoms with Gasteiger partial charge < -0.3 is 10.8 Å². The van der Waals surface area contributed by atoms with E-state index in [9.17, 15) is 9.50 Å². The highest BCUT2D eigenvalue weighted by molar-refractivity contribution is 6.30. The number of rotatable bonds is 4. The topological polar surface area (TPSA) is 77.0 Å². The van der Waals surface area contributed by atoms with Crippen molar-refractivity contribution in [1.82, 2.24) is 14.8 Å². The van der Waals surface area contributed by atoms with Crippen LogP contribution < -0.4 is 5.73 Å². The Balaban J connectivity index is 2.33. The molecule has 1 atom stereocenters. The number of hydrogen-bond acceptors (Lipinski definition) is 4. The average Bonchev–Trinajstić information content (AvgIpc) is 2.80. The second-order valence-electron chi connectivity index (χ2n) is 3.78. The third-order valence-corrected chi connectivity index (χ3v) is 2.75. The fourth-order valence-electron chi connectivity index (χ4n) is 1.53. The summed E-state index contributed by atoms with van der Waals surface area (Å²) in [6, 6.07) is 4.24. The van der Waals surface area contributed by atoms with E-state index in [-0.39, 0.29) is 18.0 Å². The van der Waals surface area contributed by atoms with Crippen molar-refractivity contribution in [3.05, 3.63) is 41.2 Å². The molecular formula is C11H12ClFN4O. The van der Waals surface area contributed by atoms with Crippen molar-refractivity contribution in [3.8, 4) is 5.69 Å². The summed E-state index contributed by atoms with van der Waals surface area (Å²) in [5.41, 5.74) is 5.92. The van der Waals surface area contributed by atoms with Crippen LogP contribution >= 0.6 is 11.6 Å². The number of benzene rings is 1. The van der Waals surface area contributed by atoms with Crippen LogP contribution in [0.5, 0.6) is 0 Å². The Kier molecular flexibility index (Phi) is 3.90. The number of nitrogens with zero attached hydrogens (tertiary/aromatic N) is 3. The first-order valence-corrected chi connectivity index (χ1v) is 5.72. The van der Waals surface area contributed by atoms with E-state index in [4.69, 9.17) is 17.3 Å². The third-order valence-electron chi connectivity index (χ3n) is 2.46. The normalized spacial score (nSPS) is 12.7. The van der Waals surface area contributed by atoms with Crippen LogP contribution in [0.2, 0.25) is 5.02 Å². The van der Waals surface area contributed by atoms with E-state index in [2.05, 4.69) is 10.1 Å². The lowest BCUT2D eigenvalue weighted by Gasteiger charge is -2.09. The zero-order valence-electron chi connectivity index (χ0n) is 9.42. The lowest BCUT2D eigenvalue weighted by molar-refractivity contribution is 0.180. The van der Waals surface area contributed by atoms with Gasteiger partial charge in [-0.25, -0.2) is 14.1 Å². The molecule has 1 aromatic heterocycles. The first-order chi connectivity index (χ1) is 8.61. The van der Waals surface area contributed by atoms with E-state index in [0.29, 0.717) is 11.5 Å². The highest BCUT2D eigenvalue weighted by atomic mass is 35.5. The Morgan fingerprint density at radius 3 is 2.94 bits per heavy atom. The highest BCUT2D eigenvalue weighted by Gasteiger charge is 2.12. The summed E-state index contributed by atoms with van der Waals surface area (Å²) in [5.74, 6) is 0.0414. The highest BCUT2D eigenvalue weighted by Crippen LogP contribution is 2.19. The summed E-state index contributed by atoms with van der Waals surface area (Å²) < 4.78 is 14.6. The molecule has 5 nitrogen and oxygen atoms in total. The van der Waals surface area contributed by atoms with E-state index in [1.54, 1.807) is 0 Å². The summed E-state index contributed by atoms with van der Waals surface area (Å²) in [4.78, 5) is 4.03. The monoisotopic (exact) mass is 270 g/mol. The van der Waals surface area contributed by atoms with Gasteiger partial charge in [0.15, 0.2) is 0 Å². The molecule has 0 aliphatic heterocycles. The Hall–Kier alpha value is -1.50. The van der Waals surface area contributed by atoms with Crippen LogP contribution in [0.25, 0.3) is 5.69 Å². The van der Waals surface area contributed by atoms with E-state index in [1.807, 2.05) is 0 Å². The zero-order chi connectivity index (χ0) is 13.1. The molecule has 0 aliphatic rings. The molecular weight excluding hydrogens is 259 g/mol. The molecule has 0 radical (unpaired) electrons. The third kappa shape index (κ3) is 2.66. The van der Waals surface area contributed by atoms with Gasteiger partial charge in [-0.05, 0) is 18.2 Å². The van der Waals surface area contributed by atoms with Crippen molar-refractivity contribution in [2.75, 3.05) is 6.54 Å². The molecule has 0 amide bonds. The van der Waals surface area contributed by atoms with Crippen LogP contribution in [0, 0.1) is 5.82 Å². The van der Waals surface area contributed by atoms with Gasteiger partial charge in [-0.15, -0.1) is 0 Å². The number of nitrogens with two attached hydrogens (primary N) is 1. The van der Waals surface area contributed by atoms with Gasteiger partial charge in [0.2, 0.25) is 0 Å². The Labute approximate surface area is 108 Å². The molecule has 0 bridgehead atoms. The lowest BCUT2D eigenvalue weighted by Crippen LogP contribution is -2.23. The number of halogens is 2. The van der Waals surface area contributed by atoms with E-state index >= 15 is 0 Å². The molecule has 0 aliphatic carbocycles. The van der Waals surface area contributed by atoms with Crippen LogP contribution in [-0.4, -0.2) is 32.5 Å². The molecule has 0 spiro atoms. The van der Waals surface area contributed by atoms with Crippen LogP contribution in [0.1, 0.15) is 5.82 Å². The molecule has 0 saturated carbocycles. The van der Waals surface area contributed by atoms with Crippen molar-refractivity contribution >= 4 is 11.6 Å². The summed E-state index contributed by atoms with van der Waals surface area (Å²) in [6.07, 6.45) is 0.935. The summed E-state index contributed by atoms with van der Waals surface area (Å²) >= 11 is 5.71. The fourth-order valence-corrected chi connectivity index (χ4v) is 1.71. The van der Waals surface area contributed by atoms with Crippen LogP contribution in [0.15, 0.2) is 24.5 Å². The molecule has 0 fully saturated rings. The summed E-state index contributed by atoms with van der Waals surface area (Å²) in [7, 11) is 0. The minimum atomic E-state index is -0.691. The Morgan fingerprint density at radius 2 is 2.28 bits per heavy atom. The first kappa shape index (κ1) is 12.9. The van der Waals surface area contributed by atoms with Crippen molar-refractivity contribution in [3.63, 3.8) is 0 Å². The predicted molar refractivity (Wildman–Crippen MR) is 65.1 cm³/mol. The molecule has 2 rings (SSSR count). The molecule has 1 unspecified atom stereocenters. The lowest BCUT2D eigenvalue weighted by atomic mass is 10.2. The van der Waals surface area contributed by atoms with Crippen LogP contribution in [-0.2, 0) is 6.42 Å². The number of aromatic nitrogens is 3. The van der Waals surface area contributed by atoms with E-state index in [0.717, 1.165) is 0 Å². The maximum atomic E-state index is 13.1. The largest absolute Gasteiger partial charge is 0.391 e. The van der Waals surface area contributed by atoms with Gasteiger partial charge in [-0.1, -0.05) is 11.6 Å². The molecule has 0 saturated heterocycles. The minimum Gasteiger partial charge on any atom is -0.391 e. The van der Waals surface area contributed by atoms with Crippen molar-refractivity contribution in [1.29, 1.82) is 0 Å². The van der Waals surface area contributed by atoms with Gasteiger partial charge in [0.25, 0.3) is 0 Å². The van der Waals surface area contributed by atoms with Crippen LogP contribution in [0.3, 0.4) is 0 Å². The van der Waals surface area contributed by atoms with Gasteiger partial charge in [0.05, 0.1) is 16.8 Å². The van der Waals surface area contributed by atoms with Crippen molar-refractivity contribution < 1.29 is 9.50 Å². The molecule has 96 valence electrons. The quantitative estimate of drug-likeness (QED) is 0.866. The van der Waals surface area contributed by atoms with E-state index < -0.39 is 11.9 Å².